The minimum absolute atomic E-state index is 0.100. The maximum Gasteiger partial charge on any atom is 0.119 e. The van der Waals surface area contributed by atoms with Gasteiger partial charge in [0.1, 0.15) is 30.2 Å². The normalized spacial score (nSPS) is 27.1. The number of nitrogens with zero attached hydrogens (tertiary/aromatic N) is 1. The molecule has 1 aliphatic carbocycles. The van der Waals surface area contributed by atoms with Crippen LogP contribution in [0.5, 0.6) is 5.75 Å². The van der Waals surface area contributed by atoms with Gasteiger partial charge in [0.15, 0.2) is 0 Å². The van der Waals surface area contributed by atoms with Gasteiger partial charge in [0.05, 0.1) is 23.3 Å². The van der Waals surface area contributed by atoms with Crippen LogP contribution in [0.25, 0.3) is 0 Å². The standard InChI is InChI=1S/C24H27NO5/c1-14(2)29-19-7-3-15(4-8-19)11-18-12-16(5-6-17(18)13-25)22-20(26)21(27)23(28)24(30-22)9-10-24/h3-8,12,14,20-23,26-28H,9-11H2,1-2H3/t20-,21+,22-,23-/m0/s1. The molecule has 30 heavy (non-hydrogen) atoms. The molecule has 0 amide bonds. The molecule has 6 heteroatoms. The third-order valence-electron chi connectivity index (χ3n) is 5.90. The van der Waals surface area contributed by atoms with Gasteiger partial charge in [-0.3, -0.25) is 0 Å². The van der Waals surface area contributed by atoms with E-state index in [0.717, 1.165) is 16.9 Å². The van der Waals surface area contributed by atoms with Gasteiger partial charge in [-0.1, -0.05) is 24.3 Å². The second kappa shape index (κ2) is 8.01. The first-order chi connectivity index (χ1) is 14.3. The van der Waals surface area contributed by atoms with Crippen LogP contribution in [0.2, 0.25) is 0 Å². The van der Waals surface area contributed by atoms with E-state index in [4.69, 9.17) is 9.47 Å². The van der Waals surface area contributed by atoms with Crippen molar-refractivity contribution in [3.8, 4) is 11.8 Å². The van der Waals surface area contributed by atoms with Crippen molar-refractivity contribution in [1.29, 1.82) is 5.26 Å². The molecule has 1 heterocycles. The van der Waals surface area contributed by atoms with Gasteiger partial charge in [0.2, 0.25) is 0 Å². The van der Waals surface area contributed by atoms with Crippen LogP contribution in [0.15, 0.2) is 42.5 Å². The number of hydrogen-bond donors (Lipinski definition) is 3. The monoisotopic (exact) mass is 409 g/mol. The van der Waals surface area contributed by atoms with Gasteiger partial charge < -0.3 is 24.8 Å². The molecule has 4 atom stereocenters. The molecule has 3 N–H and O–H groups in total. The summed E-state index contributed by atoms with van der Waals surface area (Å²) in [6.07, 6.45) is -2.39. The van der Waals surface area contributed by atoms with Gasteiger partial charge in [-0.25, -0.2) is 0 Å². The van der Waals surface area contributed by atoms with Crippen molar-refractivity contribution in [2.75, 3.05) is 0 Å². The summed E-state index contributed by atoms with van der Waals surface area (Å²) in [7, 11) is 0. The Balaban J connectivity index is 1.59. The quantitative estimate of drug-likeness (QED) is 0.702. The van der Waals surface area contributed by atoms with Crippen LogP contribution in [-0.2, 0) is 11.2 Å². The Morgan fingerprint density at radius 1 is 1.10 bits per heavy atom. The van der Waals surface area contributed by atoms with Crippen molar-refractivity contribution < 1.29 is 24.8 Å². The van der Waals surface area contributed by atoms with Crippen molar-refractivity contribution >= 4 is 0 Å². The molecule has 1 saturated heterocycles. The summed E-state index contributed by atoms with van der Waals surface area (Å²) in [6, 6.07) is 15.3. The average Bonchev–Trinajstić information content (AvgIpc) is 3.51. The topological polar surface area (TPSA) is 103 Å². The second-order valence-corrected chi connectivity index (χ2v) is 8.54. The van der Waals surface area contributed by atoms with E-state index in [-0.39, 0.29) is 6.10 Å². The van der Waals surface area contributed by atoms with Crippen molar-refractivity contribution in [2.24, 2.45) is 0 Å². The summed E-state index contributed by atoms with van der Waals surface area (Å²) in [5, 5.41) is 40.6. The molecule has 6 nitrogen and oxygen atoms in total. The summed E-state index contributed by atoms with van der Waals surface area (Å²) >= 11 is 0. The van der Waals surface area contributed by atoms with Gasteiger partial charge in [0, 0.05) is 0 Å². The van der Waals surface area contributed by atoms with Gasteiger partial charge in [0.25, 0.3) is 0 Å². The van der Waals surface area contributed by atoms with Gasteiger partial charge in [-0.15, -0.1) is 0 Å². The highest BCUT2D eigenvalue weighted by molar-refractivity contribution is 5.44. The van der Waals surface area contributed by atoms with Gasteiger partial charge in [-0.2, -0.15) is 5.26 Å². The zero-order valence-electron chi connectivity index (χ0n) is 17.2. The molecular weight excluding hydrogens is 382 g/mol. The summed E-state index contributed by atoms with van der Waals surface area (Å²) in [5.74, 6) is 0.795. The Labute approximate surface area is 176 Å². The predicted octanol–water partition coefficient (Wildman–Crippen LogP) is 2.62. The highest BCUT2D eigenvalue weighted by Gasteiger charge is 2.60. The van der Waals surface area contributed by atoms with E-state index < -0.39 is 30.0 Å². The summed E-state index contributed by atoms with van der Waals surface area (Å²) < 4.78 is 11.7. The summed E-state index contributed by atoms with van der Waals surface area (Å²) in [5.41, 5.74) is 2.30. The Hall–Kier alpha value is -2.43. The van der Waals surface area contributed by atoms with E-state index in [9.17, 15) is 20.6 Å². The van der Waals surface area contributed by atoms with Crippen LogP contribution in [0.3, 0.4) is 0 Å². The number of aliphatic hydroxyl groups is 3. The number of hydrogen-bond acceptors (Lipinski definition) is 6. The highest BCUT2D eigenvalue weighted by Crippen LogP contribution is 2.51. The average molecular weight is 409 g/mol. The second-order valence-electron chi connectivity index (χ2n) is 8.54. The first-order valence-corrected chi connectivity index (χ1v) is 10.3. The lowest BCUT2D eigenvalue weighted by atomic mass is 9.88. The number of aliphatic hydroxyl groups excluding tert-OH is 3. The van der Waals surface area contributed by atoms with Crippen molar-refractivity contribution in [3.05, 3.63) is 64.7 Å². The molecule has 2 aromatic rings. The molecule has 0 unspecified atom stereocenters. The number of benzene rings is 2. The molecule has 2 aromatic carbocycles. The van der Waals surface area contributed by atoms with E-state index in [1.807, 2.05) is 44.2 Å². The van der Waals surface area contributed by atoms with E-state index in [0.29, 0.717) is 30.4 Å². The molecule has 2 aliphatic rings. The van der Waals surface area contributed by atoms with E-state index in [1.54, 1.807) is 12.1 Å². The Kier molecular flexibility index (Phi) is 5.56. The largest absolute Gasteiger partial charge is 0.491 e. The highest BCUT2D eigenvalue weighted by atomic mass is 16.6. The lowest BCUT2D eigenvalue weighted by molar-refractivity contribution is -0.236. The fourth-order valence-corrected chi connectivity index (χ4v) is 4.10. The predicted molar refractivity (Wildman–Crippen MR) is 110 cm³/mol. The molecule has 4 rings (SSSR count). The minimum atomic E-state index is -1.26. The zero-order chi connectivity index (χ0) is 21.5. The number of ether oxygens (including phenoxy) is 2. The van der Waals surface area contributed by atoms with E-state index in [1.165, 1.54) is 0 Å². The first-order valence-electron chi connectivity index (χ1n) is 10.3. The van der Waals surface area contributed by atoms with Crippen LogP contribution in [-0.4, -0.2) is 45.3 Å². The molecule has 0 radical (unpaired) electrons. The zero-order valence-corrected chi connectivity index (χ0v) is 17.2. The van der Waals surface area contributed by atoms with Crippen LogP contribution in [0, 0.1) is 11.3 Å². The molecular formula is C24H27NO5. The molecule has 1 aliphatic heterocycles. The van der Waals surface area contributed by atoms with E-state index >= 15 is 0 Å². The molecule has 2 fully saturated rings. The minimum Gasteiger partial charge on any atom is -0.491 e. The summed E-state index contributed by atoms with van der Waals surface area (Å²) in [6.45, 7) is 3.95. The number of rotatable bonds is 5. The van der Waals surface area contributed by atoms with Crippen molar-refractivity contribution in [3.63, 3.8) is 0 Å². The van der Waals surface area contributed by atoms with Crippen LogP contribution >= 0.6 is 0 Å². The van der Waals surface area contributed by atoms with Gasteiger partial charge in [-0.05, 0) is 68.0 Å². The lowest BCUT2D eigenvalue weighted by Crippen LogP contribution is -2.55. The maximum absolute atomic E-state index is 10.5. The first kappa shape index (κ1) is 20.8. The van der Waals surface area contributed by atoms with Crippen molar-refractivity contribution in [2.45, 2.75) is 69.2 Å². The number of nitriles is 1. The van der Waals surface area contributed by atoms with Gasteiger partial charge >= 0.3 is 0 Å². The fourth-order valence-electron chi connectivity index (χ4n) is 4.10. The van der Waals surface area contributed by atoms with Crippen LogP contribution in [0.1, 0.15) is 55.0 Å². The molecule has 0 aromatic heterocycles. The molecule has 158 valence electrons. The molecule has 1 saturated carbocycles. The van der Waals surface area contributed by atoms with E-state index in [2.05, 4.69) is 6.07 Å². The van der Waals surface area contributed by atoms with Crippen LogP contribution in [0.4, 0.5) is 0 Å². The fraction of sp³-hybridized carbons (Fsp3) is 0.458. The molecule has 1 spiro atoms. The third kappa shape index (κ3) is 3.94. The van der Waals surface area contributed by atoms with Crippen molar-refractivity contribution in [1.82, 2.24) is 0 Å². The third-order valence-corrected chi connectivity index (χ3v) is 5.90. The SMILES string of the molecule is CC(C)Oc1ccc(Cc2cc([C@@H]3OC4(CC4)[C@@H](O)[C@H](O)[C@@H]3O)ccc2C#N)cc1. The lowest BCUT2D eigenvalue weighted by Gasteiger charge is -2.41. The molecule has 0 bridgehead atoms. The Morgan fingerprint density at radius 2 is 1.80 bits per heavy atom. The Bertz CT molecular complexity index is 945. The maximum atomic E-state index is 10.5. The summed E-state index contributed by atoms with van der Waals surface area (Å²) in [4.78, 5) is 0. The smallest absolute Gasteiger partial charge is 0.119 e. The Morgan fingerprint density at radius 3 is 2.40 bits per heavy atom. The van der Waals surface area contributed by atoms with Crippen LogP contribution < -0.4 is 4.74 Å².